The van der Waals surface area contributed by atoms with Gasteiger partial charge in [-0.2, -0.15) is 0 Å². The van der Waals surface area contributed by atoms with E-state index in [1.54, 1.807) is 18.2 Å². The van der Waals surface area contributed by atoms with Gasteiger partial charge < -0.3 is 5.32 Å². The van der Waals surface area contributed by atoms with Crippen molar-refractivity contribution in [3.63, 3.8) is 0 Å². The Kier molecular flexibility index (Phi) is 9.42. The molecule has 41 heavy (non-hydrogen) atoms. The minimum atomic E-state index is -3.96. The molecule has 0 fully saturated rings. The molecular formula is C27H21Cl4N3O5S2. The number of nitrogens with one attached hydrogen (secondary N) is 2. The van der Waals surface area contributed by atoms with E-state index in [9.17, 15) is 21.6 Å². The molecular weight excluding hydrogens is 652 g/mol. The number of benzene rings is 4. The van der Waals surface area contributed by atoms with Crippen LogP contribution in [0.3, 0.4) is 0 Å². The zero-order chi connectivity index (χ0) is 29.9. The Morgan fingerprint density at radius 3 is 1.95 bits per heavy atom. The van der Waals surface area contributed by atoms with Gasteiger partial charge in [-0.1, -0.05) is 52.5 Å². The zero-order valence-electron chi connectivity index (χ0n) is 21.1. The Bertz CT molecular complexity index is 1800. The first-order valence-corrected chi connectivity index (χ1v) is 16.5. The summed E-state index contributed by atoms with van der Waals surface area (Å²) in [6.07, 6.45) is 1.06. The normalized spacial score (nSPS) is 11.6. The van der Waals surface area contributed by atoms with Crippen molar-refractivity contribution in [2.75, 3.05) is 20.6 Å². The van der Waals surface area contributed by atoms with Crippen molar-refractivity contribution in [1.29, 1.82) is 0 Å². The molecule has 0 aliphatic rings. The lowest BCUT2D eigenvalue weighted by molar-refractivity contribution is 0.102. The molecule has 2 N–H and O–H groups in total. The van der Waals surface area contributed by atoms with Gasteiger partial charge in [-0.15, -0.1) is 0 Å². The number of rotatable bonds is 9. The van der Waals surface area contributed by atoms with Crippen LogP contribution in [-0.2, 0) is 26.6 Å². The van der Waals surface area contributed by atoms with Crippen LogP contribution in [0.4, 0.5) is 17.1 Å². The van der Waals surface area contributed by atoms with E-state index in [1.807, 2.05) is 0 Å². The topological polar surface area (TPSA) is 113 Å². The molecule has 4 aromatic rings. The second-order valence-corrected chi connectivity index (χ2v) is 14.0. The van der Waals surface area contributed by atoms with Crippen LogP contribution in [0.2, 0.25) is 20.1 Å². The summed E-state index contributed by atoms with van der Waals surface area (Å²) in [6.45, 7) is -0.1000. The fourth-order valence-corrected chi connectivity index (χ4v) is 6.68. The lowest BCUT2D eigenvalue weighted by Crippen LogP contribution is -2.29. The van der Waals surface area contributed by atoms with E-state index < -0.39 is 26.0 Å². The van der Waals surface area contributed by atoms with E-state index in [2.05, 4.69) is 10.0 Å². The number of carbonyl (C=O) groups excluding carboxylic acids is 1. The lowest BCUT2D eigenvalue weighted by Gasteiger charge is -2.23. The molecule has 0 atom stereocenters. The highest BCUT2D eigenvalue weighted by Gasteiger charge is 2.21. The Labute approximate surface area is 257 Å². The fourth-order valence-electron chi connectivity index (χ4n) is 3.70. The largest absolute Gasteiger partial charge is 0.322 e. The maximum atomic E-state index is 12.8. The Morgan fingerprint density at radius 1 is 0.780 bits per heavy atom. The third-order valence-electron chi connectivity index (χ3n) is 5.78. The molecule has 14 heteroatoms. The summed E-state index contributed by atoms with van der Waals surface area (Å²) in [4.78, 5) is 12.8. The number of anilines is 3. The number of hydrogen-bond acceptors (Lipinski definition) is 5. The van der Waals surface area contributed by atoms with Gasteiger partial charge in [0.25, 0.3) is 15.9 Å². The summed E-state index contributed by atoms with van der Waals surface area (Å²) in [5.74, 6) is -0.488. The number of hydrogen-bond donors (Lipinski definition) is 2. The number of carbonyl (C=O) groups is 1. The van der Waals surface area contributed by atoms with Gasteiger partial charge in [-0.25, -0.2) is 16.8 Å². The van der Waals surface area contributed by atoms with Crippen molar-refractivity contribution in [2.24, 2.45) is 0 Å². The first kappa shape index (κ1) is 31.0. The Hall–Kier alpha value is -2.99. The summed E-state index contributed by atoms with van der Waals surface area (Å²) in [5, 5.41) is 3.83. The van der Waals surface area contributed by atoms with Crippen molar-refractivity contribution in [1.82, 2.24) is 0 Å². The lowest BCUT2D eigenvalue weighted by atomic mass is 10.1. The highest BCUT2D eigenvalue weighted by Crippen LogP contribution is 2.30. The van der Waals surface area contributed by atoms with Crippen molar-refractivity contribution in [2.45, 2.75) is 11.4 Å². The van der Waals surface area contributed by atoms with Crippen LogP contribution >= 0.6 is 46.4 Å². The molecule has 0 saturated carbocycles. The van der Waals surface area contributed by atoms with Crippen LogP contribution in [0.5, 0.6) is 0 Å². The predicted molar refractivity (Wildman–Crippen MR) is 166 cm³/mol. The molecule has 8 nitrogen and oxygen atoms in total. The number of nitrogens with zero attached hydrogens (tertiary/aromatic N) is 1. The highest BCUT2D eigenvalue weighted by molar-refractivity contribution is 7.92. The second kappa shape index (κ2) is 12.5. The maximum Gasteiger partial charge on any atom is 0.261 e. The average molecular weight is 673 g/mol. The fraction of sp³-hybridized carbons (Fsp3) is 0.0741. The quantitative estimate of drug-likeness (QED) is 0.194. The first-order valence-electron chi connectivity index (χ1n) is 11.6. The predicted octanol–water partition coefficient (Wildman–Crippen LogP) is 7.32. The average Bonchev–Trinajstić information content (AvgIpc) is 2.90. The van der Waals surface area contributed by atoms with Crippen LogP contribution in [0.25, 0.3) is 0 Å². The molecule has 0 aliphatic carbocycles. The van der Waals surface area contributed by atoms with Gasteiger partial charge in [-0.3, -0.25) is 13.8 Å². The van der Waals surface area contributed by atoms with E-state index in [4.69, 9.17) is 46.4 Å². The minimum absolute atomic E-state index is 0.0506. The van der Waals surface area contributed by atoms with Gasteiger partial charge >= 0.3 is 0 Å². The minimum Gasteiger partial charge on any atom is -0.322 e. The molecule has 214 valence electrons. The summed E-state index contributed by atoms with van der Waals surface area (Å²) in [5.41, 5.74) is 1.51. The van der Waals surface area contributed by atoms with Gasteiger partial charge in [0, 0.05) is 31.9 Å². The van der Waals surface area contributed by atoms with E-state index >= 15 is 0 Å². The molecule has 4 aromatic carbocycles. The zero-order valence-corrected chi connectivity index (χ0v) is 25.8. The smallest absolute Gasteiger partial charge is 0.261 e. The van der Waals surface area contributed by atoms with Crippen molar-refractivity contribution in [3.05, 3.63) is 116 Å². The van der Waals surface area contributed by atoms with Crippen LogP contribution < -0.4 is 14.3 Å². The summed E-state index contributed by atoms with van der Waals surface area (Å²) in [6, 6.07) is 20.7. The van der Waals surface area contributed by atoms with Gasteiger partial charge in [0.1, 0.15) is 0 Å². The third-order valence-corrected chi connectivity index (χ3v) is 9.56. The number of sulfonamides is 2. The first-order chi connectivity index (χ1) is 19.2. The van der Waals surface area contributed by atoms with Gasteiger partial charge in [0.2, 0.25) is 10.0 Å². The second-order valence-electron chi connectivity index (χ2n) is 8.72. The van der Waals surface area contributed by atoms with Crippen LogP contribution in [-0.4, -0.2) is 29.0 Å². The Balaban J connectivity index is 1.47. The van der Waals surface area contributed by atoms with E-state index in [1.165, 1.54) is 66.7 Å². The molecule has 0 aliphatic heterocycles. The summed E-state index contributed by atoms with van der Waals surface area (Å²) < 4.78 is 54.1. The summed E-state index contributed by atoms with van der Waals surface area (Å²) in [7, 11) is -7.68. The molecule has 0 saturated heterocycles. The molecule has 0 radical (unpaired) electrons. The highest BCUT2D eigenvalue weighted by atomic mass is 35.5. The SMILES string of the molecule is CS(=O)(=O)N(Cc1c(Cl)cccc1Cl)c1ccc(C(=O)Nc2ccc(S(=O)(=O)Nc3ccc(Cl)cc3Cl)cc2)cc1. The molecule has 0 heterocycles. The molecule has 0 aromatic heterocycles. The summed E-state index contributed by atoms with van der Waals surface area (Å²) >= 11 is 24.4. The Morgan fingerprint density at radius 2 is 1.39 bits per heavy atom. The van der Waals surface area contributed by atoms with Crippen molar-refractivity contribution in [3.8, 4) is 0 Å². The van der Waals surface area contributed by atoms with Gasteiger partial charge in [0.05, 0.1) is 34.1 Å². The molecule has 4 rings (SSSR count). The van der Waals surface area contributed by atoms with E-state index in [-0.39, 0.29) is 27.7 Å². The van der Waals surface area contributed by atoms with E-state index in [0.717, 1.165) is 10.6 Å². The van der Waals surface area contributed by atoms with Crippen molar-refractivity contribution < 1.29 is 21.6 Å². The number of amides is 1. The van der Waals surface area contributed by atoms with Crippen molar-refractivity contribution >= 4 is 89.4 Å². The molecule has 0 unspecified atom stereocenters. The third kappa shape index (κ3) is 7.65. The molecule has 0 spiro atoms. The molecule has 1 amide bonds. The van der Waals surface area contributed by atoms with Crippen LogP contribution in [0, 0.1) is 0 Å². The maximum absolute atomic E-state index is 12.8. The monoisotopic (exact) mass is 671 g/mol. The van der Waals surface area contributed by atoms with Gasteiger partial charge in [0.15, 0.2) is 0 Å². The van der Waals surface area contributed by atoms with Crippen LogP contribution in [0.1, 0.15) is 15.9 Å². The van der Waals surface area contributed by atoms with E-state index in [0.29, 0.717) is 32.0 Å². The standard InChI is InChI=1S/C27H21Cl4N3O5S2/c1-40(36,37)34(16-22-23(29)3-2-4-24(22)30)20-10-5-17(6-11-20)27(35)32-19-8-12-21(13-9-19)41(38,39)33-26-14-7-18(28)15-25(26)31/h2-15,33H,16H2,1H3,(H,32,35). The van der Waals surface area contributed by atoms with Gasteiger partial charge in [-0.05, 0) is 78.9 Å². The molecule has 0 bridgehead atoms. The number of halogens is 4. The van der Waals surface area contributed by atoms with Crippen LogP contribution in [0.15, 0.2) is 89.8 Å².